The highest BCUT2D eigenvalue weighted by atomic mass is 32.2. The Morgan fingerprint density at radius 3 is 1.71 bits per heavy atom. The van der Waals surface area contributed by atoms with Crippen LogP contribution in [0.3, 0.4) is 0 Å². The molecular weight excluding hydrogens is 304 g/mol. The molecule has 0 amide bonds. The molecule has 0 aliphatic carbocycles. The number of thiophene rings is 3. The monoisotopic (exact) mass is 312 g/mol. The van der Waals surface area contributed by atoms with Crippen molar-refractivity contribution in [3.8, 4) is 0 Å². The zero-order valence-corrected chi connectivity index (χ0v) is 12.7. The van der Waals surface area contributed by atoms with E-state index in [1.807, 2.05) is 23.5 Å². The minimum atomic E-state index is 1.36. The summed E-state index contributed by atoms with van der Waals surface area (Å²) in [6, 6.07) is 8.55. The Hall–Kier alpha value is -0.200. The van der Waals surface area contributed by atoms with E-state index in [0.29, 0.717) is 0 Å². The summed E-state index contributed by atoms with van der Waals surface area (Å²) in [7, 11) is 0. The molecule has 0 bridgehead atoms. The predicted molar refractivity (Wildman–Crippen MR) is 81.2 cm³/mol. The topological polar surface area (TPSA) is 0 Å². The van der Waals surface area contributed by atoms with E-state index >= 15 is 0 Å². The highest BCUT2D eigenvalue weighted by molar-refractivity contribution is 8.04. The lowest BCUT2D eigenvalue weighted by molar-refractivity contribution is 1.33. The van der Waals surface area contributed by atoms with Crippen LogP contribution in [0, 0.1) is 0 Å². The summed E-state index contributed by atoms with van der Waals surface area (Å²) >= 11 is 9.10. The minimum absolute atomic E-state index is 1.36. The van der Waals surface area contributed by atoms with Gasteiger partial charge in [0.25, 0.3) is 0 Å². The molecule has 0 radical (unpaired) electrons. The Balaban J connectivity index is 1.79. The van der Waals surface area contributed by atoms with Crippen LogP contribution in [0.15, 0.2) is 64.0 Å². The second-order valence-electron chi connectivity index (χ2n) is 3.17. The van der Waals surface area contributed by atoms with Gasteiger partial charge in [0.05, 0.1) is 8.42 Å². The van der Waals surface area contributed by atoms with Crippen molar-refractivity contribution in [2.24, 2.45) is 0 Å². The molecule has 0 saturated carbocycles. The molecule has 0 fully saturated rings. The van der Waals surface area contributed by atoms with E-state index in [9.17, 15) is 0 Å². The molecule has 0 aliphatic rings. The van der Waals surface area contributed by atoms with Gasteiger partial charge in [0, 0.05) is 20.6 Å². The summed E-state index contributed by atoms with van der Waals surface area (Å²) in [6.45, 7) is 0. The van der Waals surface area contributed by atoms with Crippen molar-refractivity contribution < 1.29 is 0 Å². The van der Waals surface area contributed by atoms with Crippen molar-refractivity contribution in [1.29, 1.82) is 0 Å². The second-order valence-corrected chi connectivity index (χ2v) is 8.49. The summed E-state index contributed by atoms with van der Waals surface area (Å²) in [5.41, 5.74) is 0. The summed E-state index contributed by atoms with van der Waals surface area (Å²) in [5, 5.41) is 8.72. The van der Waals surface area contributed by atoms with Gasteiger partial charge in [0.2, 0.25) is 0 Å². The molecule has 3 heterocycles. The first-order valence-corrected chi connectivity index (χ1v) is 9.24. The molecule has 5 heteroatoms. The van der Waals surface area contributed by atoms with Gasteiger partial charge in [0.1, 0.15) is 0 Å². The highest BCUT2D eigenvalue weighted by Crippen LogP contribution is 2.43. The van der Waals surface area contributed by atoms with Gasteiger partial charge < -0.3 is 0 Å². The zero-order chi connectivity index (χ0) is 11.5. The van der Waals surface area contributed by atoms with E-state index in [0.717, 1.165) is 0 Å². The van der Waals surface area contributed by atoms with E-state index in [4.69, 9.17) is 0 Å². The third-order valence-corrected chi connectivity index (χ3v) is 7.37. The van der Waals surface area contributed by atoms with Gasteiger partial charge in [0.15, 0.2) is 0 Å². The van der Waals surface area contributed by atoms with E-state index in [1.165, 1.54) is 18.2 Å². The molecule has 0 aliphatic heterocycles. The summed E-state index contributed by atoms with van der Waals surface area (Å²) in [4.78, 5) is 2.74. The van der Waals surface area contributed by atoms with E-state index in [2.05, 4.69) is 45.8 Å². The van der Waals surface area contributed by atoms with Crippen molar-refractivity contribution in [3.63, 3.8) is 0 Å². The molecule has 0 aromatic carbocycles. The van der Waals surface area contributed by atoms with Crippen molar-refractivity contribution in [1.82, 2.24) is 0 Å². The van der Waals surface area contributed by atoms with Crippen LogP contribution in [0.5, 0.6) is 0 Å². The summed E-state index contributed by atoms with van der Waals surface area (Å²) in [5.74, 6) is 0. The van der Waals surface area contributed by atoms with Gasteiger partial charge in [-0.05, 0) is 22.9 Å². The summed E-state index contributed by atoms with van der Waals surface area (Å²) < 4.78 is 2.72. The molecule has 0 N–H and O–H groups in total. The van der Waals surface area contributed by atoms with Crippen LogP contribution in [0.1, 0.15) is 0 Å². The van der Waals surface area contributed by atoms with Crippen LogP contribution in [0.25, 0.3) is 0 Å². The van der Waals surface area contributed by atoms with Gasteiger partial charge >= 0.3 is 0 Å². The Morgan fingerprint density at radius 1 is 0.765 bits per heavy atom. The van der Waals surface area contributed by atoms with Gasteiger partial charge in [-0.25, -0.2) is 0 Å². The molecule has 17 heavy (non-hydrogen) atoms. The Bertz CT molecular complexity index is 511. The lowest BCUT2D eigenvalue weighted by atomic mass is 10.6. The molecular formula is C12H8S5. The van der Waals surface area contributed by atoms with Crippen LogP contribution >= 0.6 is 57.5 Å². The average Bonchev–Trinajstić information content (AvgIpc) is 3.04. The maximum Gasteiger partial charge on any atom is 0.0646 e. The molecule has 0 saturated heterocycles. The van der Waals surface area contributed by atoms with Crippen molar-refractivity contribution in [2.75, 3.05) is 0 Å². The SMILES string of the molecule is c1csc(Sc2cscc2Sc2cccs2)c1. The third-order valence-electron chi connectivity index (χ3n) is 2.00. The van der Waals surface area contributed by atoms with Gasteiger partial charge in [-0.2, -0.15) is 11.3 Å². The largest absolute Gasteiger partial charge is 0.150 e. The number of hydrogen-bond acceptors (Lipinski definition) is 5. The van der Waals surface area contributed by atoms with Gasteiger partial charge in [-0.1, -0.05) is 35.7 Å². The van der Waals surface area contributed by atoms with Gasteiger partial charge in [-0.15, -0.1) is 22.7 Å². The van der Waals surface area contributed by atoms with E-state index in [-0.39, 0.29) is 0 Å². The maximum atomic E-state index is 2.24. The zero-order valence-electron chi connectivity index (χ0n) is 8.66. The third kappa shape index (κ3) is 2.98. The average molecular weight is 313 g/mol. The normalized spacial score (nSPS) is 10.8. The van der Waals surface area contributed by atoms with Crippen LogP contribution in [-0.2, 0) is 0 Å². The molecule has 0 unspecified atom stereocenters. The predicted octanol–water partition coefficient (Wildman–Crippen LogP) is 6.17. The van der Waals surface area contributed by atoms with Crippen LogP contribution in [-0.4, -0.2) is 0 Å². The Labute approximate surface area is 121 Å². The quantitative estimate of drug-likeness (QED) is 0.564. The molecule has 3 aromatic rings. The molecule has 3 aromatic heterocycles. The standard InChI is InChI=1S/C12H8S5/c1-3-11(14-5-1)16-9-7-13-8-10(9)17-12-4-2-6-15-12/h1-8H. The van der Waals surface area contributed by atoms with Gasteiger partial charge in [-0.3, -0.25) is 0 Å². The maximum absolute atomic E-state index is 2.24. The van der Waals surface area contributed by atoms with E-state index in [1.54, 1.807) is 34.0 Å². The molecule has 0 atom stereocenters. The Kier molecular flexibility index (Phi) is 3.93. The van der Waals surface area contributed by atoms with Crippen molar-refractivity contribution >= 4 is 57.5 Å². The molecule has 86 valence electrons. The molecule has 0 spiro atoms. The first-order valence-electron chi connectivity index (χ1n) is 4.91. The fourth-order valence-electron chi connectivity index (χ4n) is 1.28. The number of rotatable bonds is 4. The molecule has 3 rings (SSSR count). The van der Waals surface area contributed by atoms with Crippen LogP contribution in [0.4, 0.5) is 0 Å². The second kappa shape index (κ2) is 5.63. The fourth-order valence-corrected chi connectivity index (χ4v) is 6.17. The lowest BCUT2D eigenvalue weighted by Gasteiger charge is -2.00. The van der Waals surface area contributed by atoms with Crippen molar-refractivity contribution in [3.05, 3.63) is 45.8 Å². The first-order chi connectivity index (χ1) is 8.42. The smallest absolute Gasteiger partial charge is 0.0646 e. The van der Waals surface area contributed by atoms with Crippen LogP contribution < -0.4 is 0 Å². The molecule has 0 nitrogen and oxygen atoms in total. The first kappa shape index (κ1) is 11.9. The Morgan fingerprint density at radius 2 is 1.29 bits per heavy atom. The summed E-state index contributed by atoms with van der Waals surface area (Å²) in [6.07, 6.45) is 0. The number of hydrogen-bond donors (Lipinski definition) is 0. The highest BCUT2D eigenvalue weighted by Gasteiger charge is 2.08. The fraction of sp³-hybridized carbons (Fsp3) is 0. The van der Waals surface area contributed by atoms with E-state index < -0.39 is 0 Å². The van der Waals surface area contributed by atoms with Crippen LogP contribution in [0.2, 0.25) is 0 Å². The minimum Gasteiger partial charge on any atom is -0.150 e. The van der Waals surface area contributed by atoms with Crippen molar-refractivity contribution in [2.45, 2.75) is 18.2 Å². The lowest BCUT2D eigenvalue weighted by Crippen LogP contribution is -1.68.